The number of amides is 1. The maximum atomic E-state index is 13.2. The molecule has 4 rings (SSSR count). The van der Waals surface area contributed by atoms with Gasteiger partial charge in [0.2, 0.25) is 0 Å². The van der Waals surface area contributed by atoms with Gasteiger partial charge < -0.3 is 10.2 Å². The number of para-hydroxylation sites is 1. The van der Waals surface area contributed by atoms with Crippen molar-refractivity contribution in [2.75, 3.05) is 24.5 Å². The number of nitro benzene ring substituents is 1. The lowest BCUT2D eigenvalue weighted by molar-refractivity contribution is -0.385. The molecule has 0 unspecified atom stereocenters. The predicted molar refractivity (Wildman–Crippen MR) is 99.7 cm³/mol. The van der Waals surface area contributed by atoms with Gasteiger partial charge in [-0.25, -0.2) is 0 Å². The highest BCUT2D eigenvalue weighted by Gasteiger charge is 2.45. The number of hydrogen-bond acceptors (Lipinski definition) is 4. The van der Waals surface area contributed by atoms with Crippen LogP contribution in [0.25, 0.3) is 0 Å². The third-order valence-electron chi connectivity index (χ3n) is 5.69. The Hall–Kier alpha value is -2.73. The van der Waals surface area contributed by atoms with Crippen LogP contribution in [0.3, 0.4) is 0 Å². The van der Waals surface area contributed by atoms with Crippen LogP contribution >= 0.6 is 0 Å². The summed E-state index contributed by atoms with van der Waals surface area (Å²) >= 11 is 0. The zero-order valence-electron chi connectivity index (χ0n) is 14.7. The fourth-order valence-corrected chi connectivity index (χ4v) is 4.24. The molecule has 2 aliphatic rings. The van der Waals surface area contributed by atoms with Crippen molar-refractivity contribution < 1.29 is 9.72 Å². The molecule has 1 saturated heterocycles. The largest absolute Gasteiger partial charge is 0.317 e. The highest BCUT2D eigenvalue weighted by atomic mass is 16.6. The van der Waals surface area contributed by atoms with Gasteiger partial charge in [-0.05, 0) is 50.6 Å². The Kier molecular flexibility index (Phi) is 4.00. The Morgan fingerprint density at radius 3 is 2.65 bits per heavy atom. The second kappa shape index (κ2) is 6.21. The van der Waals surface area contributed by atoms with Gasteiger partial charge in [-0.2, -0.15) is 0 Å². The van der Waals surface area contributed by atoms with Crippen LogP contribution in [-0.4, -0.2) is 30.5 Å². The van der Waals surface area contributed by atoms with Crippen LogP contribution < -0.4 is 10.2 Å². The smallest absolute Gasteiger partial charge is 0.273 e. The minimum Gasteiger partial charge on any atom is -0.317 e. The summed E-state index contributed by atoms with van der Waals surface area (Å²) < 4.78 is 0. The zero-order valence-corrected chi connectivity index (χ0v) is 14.7. The highest BCUT2D eigenvalue weighted by Crippen LogP contribution is 2.46. The summed E-state index contributed by atoms with van der Waals surface area (Å²) in [5.41, 5.74) is 3.04. The Bertz CT molecular complexity index is 888. The lowest BCUT2D eigenvalue weighted by atomic mass is 9.75. The fraction of sp³-hybridized carbons (Fsp3) is 0.350. The minimum atomic E-state index is -0.432. The molecule has 0 bridgehead atoms. The molecule has 1 fully saturated rings. The van der Waals surface area contributed by atoms with Gasteiger partial charge in [0.25, 0.3) is 11.6 Å². The number of benzene rings is 2. The van der Waals surface area contributed by atoms with E-state index in [9.17, 15) is 14.9 Å². The van der Waals surface area contributed by atoms with Gasteiger partial charge in [-0.1, -0.05) is 24.3 Å². The van der Waals surface area contributed by atoms with E-state index < -0.39 is 4.92 Å². The molecule has 6 nitrogen and oxygen atoms in total. The number of nitro groups is 1. The second-order valence-corrected chi connectivity index (χ2v) is 7.20. The average Bonchev–Trinajstić information content (AvgIpc) is 2.96. The van der Waals surface area contributed by atoms with Crippen LogP contribution in [-0.2, 0) is 5.41 Å². The van der Waals surface area contributed by atoms with E-state index in [1.165, 1.54) is 11.6 Å². The molecule has 0 atom stereocenters. The first-order valence-electron chi connectivity index (χ1n) is 8.89. The molecule has 134 valence electrons. The number of fused-ring (bicyclic) bond motifs is 2. The monoisotopic (exact) mass is 351 g/mol. The molecule has 0 aliphatic carbocycles. The molecule has 6 heteroatoms. The van der Waals surface area contributed by atoms with Gasteiger partial charge in [-0.15, -0.1) is 0 Å². The van der Waals surface area contributed by atoms with E-state index in [2.05, 4.69) is 11.4 Å². The van der Waals surface area contributed by atoms with Gasteiger partial charge >= 0.3 is 0 Å². The molecule has 0 aromatic heterocycles. The molecule has 2 aromatic rings. The summed E-state index contributed by atoms with van der Waals surface area (Å²) in [6.45, 7) is 4.19. The highest BCUT2D eigenvalue weighted by molar-refractivity contribution is 6.08. The molecule has 1 amide bonds. The maximum absolute atomic E-state index is 13.2. The van der Waals surface area contributed by atoms with Crippen molar-refractivity contribution in [3.8, 4) is 0 Å². The van der Waals surface area contributed by atoms with E-state index in [-0.39, 0.29) is 17.0 Å². The van der Waals surface area contributed by atoms with Gasteiger partial charge in [0.15, 0.2) is 0 Å². The van der Waals surface area contributed by atoms with E-state index in [0.717, 1.165) is 31.6 Å². The molecule has 1 N–H and O–H groups in total. The van der Waals surface area contributed by atoms with Crippen LogP contribution in [0.1, 0.15) is 34.3 Å². The van der Waals surface area contributed by atoms with Gasteiger partial charge in [0.05, 0.1) is 4.92 Å². The SMILES string of the molecule is Cc1ccc(C(=O)N2CC3(CCNCC3)c3ccccc32)cc1[N+](=O)[O-]. The maximum Gasteiger partial charge on any atom is 0.273 e. The number of carbonyl (C=O) groups excluding carboxylic acids is 1. The van der Waals surface area contributed by atoms with E-state index in [1.54, 1.807) is 24.0 Å². The summed E-state index contributed by atoms with van der Waals surface area (Å²) in [4.78, 5) is 25.8. The van der Waals surface area contributed by atoms with Gasteiger partial charge in [0.1, 0.15) is 0 Å². The molecule has 0 radical (unpaired) electrons. The number of hydrogen-bond donors (Lipinski definition) is 1. The van der Waals surface area contributed by atoms with Crippen LogP contribution in [0.15, 0.2) is 42.5 Å². The number of piperidine rings is 1. The van der Waals surface area contributed by atoms with Gasteiger partial charge in [-0.3, -0.25) is 14.9 Å². The summed E-state index contributed by atoms with van der Waals surface area (Å²) in [5.74, 6) is -0.170. The standard InChI is InChI=1S/C20H21N3O3/c1-14-6-7-15(12-18(14)23(25)26)19(24)22-13-20(8-10-21-11-9-20)16-4-2-3-5-17(16)22/h2-7,12,21H,8-11,13H2,1H3. The fourth-order valence-electron chi connectivity index (χ4n) is 4.24. The molecule has 0 saturated carbocycles. The van der Waals surface area contributed by atoms with Crippen molar-refractivity contribution in [1.29, 1.82) is 0 Å². The predicted octanol–water partition coefficient (Wildman–Crippen LogP) is 3.18. The van der Waals surface area contributed by atoms with E-state index >= 15 is 0 Å². The molecule has 1 spiro atoms. The Labute approximate surface area is 152 Å². The third-order valence-corrected chi connectivity index (χ3v) is 5.69. The third kappa shape index (κ3) is 2.57. The van der Waals surface area contributed by atoms with Crippen molar-refractivity contribution in [3.05, 3.63) is 69.3 Å². The van der Waals surface area contributed by atoms with Crippen molar-refractivity contribution >= 4 is 17.3 Å². The molecule has 2 aromatic carbocycles. The number of aryl methyl sites for hydroxylation is 1. The Balaban J connectivity index is 1.73. The van der Waals surface area contributed by atoms with Gasteiger partial charge in [0, 0.05) is 34.8 Å². The topological polar surface area (TPSA) is 75.5 Å². The lowest BCUT2D eigenvalue weighted by Gasteiger charge is -2.34. The van der Waals surface area contributed by atoms with Crippen molar-refractivity contribution in [1.82, 2.24) is 5.32 Å². The summed E-state index contributed by atoms with van der Waals surface area (Å²) in [5, 5.41) is 14.6. The van der Waals surface area contributed by atoms with Crippen LogP contribution in [0.5, 0.6) is 0 Å². The normalized spacial score (nSPS) is 18.0. The molecule has 2 heterocycles. The first-order valence-corrected chi connectivity index (χ1v) is 8.89. The van der Waals surface area contributed by atoms with E-state index in [0.29, 0.717) is 17.7 Å². The van der Waals surface area contributed by atoms with E-state index in [4.69, 9.17) is 0 Å². The Morgan fingerprint density at radius 2 is 1.92 bits per heavy atom. The second-order valence-electron chi connectivity index (χ2n) is 7.20. The zero-order chi connectivity index (χ0) is 18.3. The number of nitrogens with one attached hydrogen (secondary N) is 1. The van der Waals surface area contributed by atoms with E-state index in [1.807, 2.05) is 18.2 Å². The molecular formula is C20H21N3O3. The summed E-state index contributed by atoms with van der Waals surface area (Å²) in [6.07, 6.45) is 1.98. The minimum absolute atomic E-state index is 0.0140. The molecule has 26 heavy (non-hydrogen) atoms. The summed E-state index contributed by atoms with van der Waals surface area (Å²) in [7, 11) is 0. The number of carbonyl (C=O) groups is 1. The average molecular weight is 351 g/mol. The molecular weight excluding hydrogens is 330 g/mol. The molecule has 2 aliphatic heterocycles. The quantitative estimate of drug-likeness (QED) is 0.666. The number of rotatable bonds is 2. The number of nitrogens with zero attached hydrogens (tertiary/aromatic N) is 2. The summed E-state index contributed by atoms with van der Waals surface area (Å²) in [6, 6.07) is 12.8. The van der Waals surface area contributed by atoms with Crippen LogP contribution in [0.2, 0.25) is 0 Å². The van der Waals surface area contributed by atoms with Crippen LogP contribution in [0.4, 0.5) is 11.4 Å². The number of anilines is 1. The lowest BCUT2D eigenvalue weighted by Crippen LogP contribution is -2.44. The first-order chi connectivity index (χ1) is 12.5. The van der Waals surface area contributed by atoms with Crippen molar-refractivity contribution in [2.45, 2.75) is 25.2 Å². The van der Waals surface area contributed by atoms with Crippen molar-refractivity contribution in [3.63, 3.8) is 0 Å². The van der Waals surface area contributed by atoms with Crippen LogP contribution in [0, 0.1) is 17.0 Å². The van der Waals surface area contributed by atoms with Crippen molar-refractivity contribution in [2.24, 2.45) is 0 Å². The first kappa shape index (κ1) is 16.7. The Morgan fingerprint density at radius 1 is 1.19 bits per heavy atom.